The van der Waals surface area contributed by atoms with Crippen molar-refractivity contribution >= 4 is 17.9 Å². The van der Waals surface area contributed by atoms with E-state index in [0.29, 0.717) is 0 Å². The standard InChI is InChI=1S/C22H27NO5/c1-12(6-8-16(24)19-17(25)11-23-21(19)26)10-13(2)20-15(4)18-9-7-14(3)22(5,27-18)28-20/h6-8,10-11,13,15,18,20,24H,9H2,1-5H3/b8-6+,12-10+,19-16+/t13-,15+,18-,20-,22-/m1/s1. The maximum Gasteiger partial charge on any atom is 0.284 e. The summed E-state index contributed by atoms with van der Waals surface area (Å²) >= 11 is 0. The van der Waals surface area contributed by atoms with Gasteiger partial charge in [0.2, 0.25) is 5.78 Å². The quantitative estimate of drug-likeness (QED) is 0.263. The molecule has 0 unspecified atom stereocenters. The average molecular weight is 385 g/mol. The third kappa shape index (κ3) is 3.80. The monoisotopic (exact) mass is 385 g/mol. The molecule has 5 atom stereocenters. The van der Waals surface area contributed by atoms with Crippen LogP contribution in [0, 0.1) is 11.8 Å². The summed E-state index contributed by atoms with van der Waals surface area (Å²) in [4.78, 5) is 26.5. The van der Waals surface area contributed by atoms with Crippen molar-refractivity contribution in [1.29, 1.82) is 0 Å². The Kier molecular flexibility index (Phi) is 5.55. The van der Waals surface area contributed by atoms with Gasteiger partial charge in [-0.1, -0.05) is 37.6 Å². The van der Waals surface area contributed by atoms with E-state index in [1.807, 2.05) is 20.8 Å². The first-order chi connectivity index (χ1) is 13.1. The van der Waals surface area contributed by atoms with Gasteiger partial charge in [0.25, 0.3) is 5.91 Å². The minimum atomic E-state index is -0.713. The molecule has 1 saturated heterocycles. The summed E-state index contributed by atoms with van der Waals surface area (Å²) in [6.45, 7) is 10.1. The van der Waals surface area contributed by atoms with E-state index >= 15 is 0 Å². The van der Waals surface area contributed by atoms with Gasteiger partial charge in [-0.3, -0.25) is 9.59 Å². The molecule has 6 heteroatoms. The molecule has 0 aliphatic carbocycles. The Balaban J connectivity index is 1.74. The maximum atomic E-state index is 11.6. The van der Waals surface area contributed by atoms with Crippen LogP contribution in [0.4, 0.5) is 0 Å². The van der Waals surface area contributed by atoms with E-state index in [1.165, 1.54) is 6.08 Å². The van der Waals surface area contributed by atoms with Crippen molar-refractivity contribution in [1.82, 2.24) is 0 Å². The highest BCUT2D eigenvalue weighted by Crippen LogP contribution is 2.43. The first-order valence-corrected chi connectivity index (χ1v) is 9.57. The summed E-state index contributed by atoms with van der Waals surface area (Å²) in [5.41, 5.74) is 1.70. The Bertz CT molecular complexity index is 827. The van der Waals surface area contributed by atoms with Gasteiger partial charge in [0.1, 0.15) is 11.3 Å². The molecule has 2 bridgehead atoms. The Morgan fingerprint density at radius 2 is 2.07 bits per heavy atom. The molecule has 3 heterocycles. The predicted molar refractivity (Wildman–Crippen MR) is 106 cm³/mol. The fourth-order valence-electron chi connectivity index (χ4n) is 3.96. The van der Waals surface area contributed by atoms with Gasteiger partial charge in [-0.05, 0) is 38.8 Å². The van der Waals surface area contributed by atoms with Crippen LogP contribution in [0.2, 0.25) is 0 Å². The molecule has 0 aromatic rings. The summed E-state index contributed by atoms with van der Waals surface area (Å²) in [6.07, 6.45) is 9.23. The third-order valence-corrected chi connectivity index (χ3v) is 5.78. The molecule has 0 spiro atoms. The van der Waals surface area contributed by atoms with Crippen LogP contribution in [0.25, 0.3) is 0 Å². The third-order valence-electron chi connectivity index (χ3n) is 5.78. The molecule has 150 valence electrons. The number of aliphatic hydroxyl groups excluding tert-OH is 1. The van der Waals surface area contributed by atoms with Crippen LogP contribution in [-0.4, -0.2) is 41.0 Å². The molecular weight excluding hydrogens is 358 g/mol. The van der Waals surface area contributed by atoms with Crippen molar-refractivity contribution in [3.63, 3.8) is 0 Å². The number of rotatable bonds is 4. The molecule has 28 heavy (non-hydrogen) atoms. The molecule has 3 aliphatic heterocycles. The highest BCUT2D eigenvalue weighted by Gasteiger charge is 2.47. The van der Waals surface area contributed by atoms with Gasteiger partial charge in [-0.2, -0.15) is 0 Å². The van der Waals surface area contributed by atoms with E-state index in [0.717, 1.165) is 23.8 Å². The largest absolute Gasteiger partial charge is 0.507 e. The number of hydrogen-bond acceptors (Lipinski definition) is 5. The number of ketones is 1. The number of carbonyl (C=O) groups excluding carboxylic acids is 2. The lowest BCUT2D eigenvalue weighted by atomic mass is 9.82. The predicted octanol–water partition coefficient (Wildman–Crippen LogP) is 3.60. The molecule has 1 fully saturated rings. The van der Waals surface area contributed by atoms with E-state index in [9.17, 15) is 14.7 Å². The van der Waals surface area contributed by atoms with Crippen molar-refractivity contribution in [2.75, 3.05) is 0 Å². The smallest absolute Gasteiger partial charge is 0.284 e. The summed E-state index contributed by atoms with van der Waals surface area (Å²) in [7, 11) is 0. The van der Waals surface area contributed by atoms with Crippen LogP contribution in [-0.2, 0) is 19.1 Å². The molecule has 1 N–H and O–H groups in total. The lowest BCUT2D eigenvalue weighted by molar-refractivity contribution is -0.318. The summed E-state index contributed by atoms with van der Waals surface area (Å²) < 4.78 is 12.5. The number of aliphatic hydroxyl groups is 1. The van der Waals surface area contributed by atoms with Gasteiger partial charge in [-0.15, -0.1) is 0 Å². The number of allylic oxidation sites excluding steroid dienone is 3. The number of ether oxygens (including phenoxy) is 2. The second kappa shape index (κ2) is 7.60. The van der Waals surface area contributed by atoms with Crippen molar-refractivity contribution in [3.8, 4) is 0 Å². The van der Waals surface area contributed by atoms with E-state index in [2.05, 4.69) is 31.0 Å². The van der Waals surface area contributed by atoms with Crippen LogP contribution in [0.15, 0.2) is 51.8 Å². The fourth-order valence-corrected chi connectivity index (χ4v) is 3.96. The van der Waals surface area contributed by atoms with Gasteiger partial charge in [0.05, 0.1) is 18.4 Å². The zero-order valence-electron chi connectivity index (χ0n) is 16.9. The minimum Gasteiger partial charge on any atom is -0.507 e. The molecule has 0 aromatic heterocycles. The molecular formula is C22H27NO5. The molecule has 3 aliphatic rings. The Morgan fingerprint density at radius 3 is 2.71 bits per heavy atom. The van der Waals surface area contributed by atoms with Crippen molar-refractivity contribution < 1.29 is 24.2 Å². The highest BCUT2D eigenvalue weighted by molar-refractivity contribution is 6.49. The van der Waals surface area contributed by atoms with E-state index in [4.69, 9.17) is 9.47 Å². The van der Waals surface area contributed by atoms with E-state index in [1.54, 1.807) is 6.08 Å². The van der Waals surface area contributed by atoms with Crippen LogP contribution in [0.3, 0.4) is 0 Å². The van der Waals surface area contributed by atoms with Crippen LogP contribution in [0.1, 0.15) is 41.0 Å². The fraction of sp³-hybridized carbons (Fsp3) is 0.500. The normalized spacial score (nSPS) is 36.1. The van der Waals surface area contributed by atoms with Gasteiger partial charge >= 0.3 is 0 Å². The Hall–Kier alpha value is -2.31. The molecule has 1 amide bonds. The number of aliphatic imine (C=N–C) groups is 1. The molecule has 0 saturated carbocycles. The summed E-state index contributed by atoms with van der Waals surface area (Å²) in [6, 6.07) is 0. The SMILES string of the molecule is CC1=CC[C@H]2O[C@]1(C)O[C@H]([C@H](C)/C=C(C)/C=C/C(O)=C1/C(=O)C=NC1=O)[C@H]2C. The first kappa shape index (κ1) is 20.4. The zero-order valence-corrected chi connectivity index (χ0v) is 16.9. The van der Waals surface area contributed by atoms with Gasteiger partial charge < -0.3 is 14.6 Å². The Morgan fingerprint density at radius 1 is 1.36 bits per heavy atom. The maximum absolute atomic E-state index is 11.6. The van der Waals surface area contributed by atoms with Gasteiger partial charge in [-0.25, -0.2) is 4.99 Å². The molecule has 3 rings (SSSR count). The van der Waals surface area contributed by atoms with Crippen LogP contribution in [0.5, 0.6) is 0 Å². The summed E-state index contributed by atoms with van der Waals surface area (Å²) in [5.74, 6) is -1.99. The lowest BCUT2D eigenvalue weighted by Crippen LogP contribution is -2.55. The second-order valence-electron chi connectivity index (χ2n) is 7.96. The number of hydrogen-bond donors (Lipinski definition) is 1. The van der Waals surface area contributed by atoms with E-state index < -0.39 is 17.5 Å². The zero-order chi connectivity index (χ0) is 20.6. The minimum absolute atomic E-state index is 0.00547. The number of nitrogens with zero attached hydrogens (tertiary/aromatic N) is 1. The Labute approximate surface area is 165 Å². The lowest BCUT2D eigenvalue weighted by Gasteiger charge is -2.50. The molecule has 0 radical (unpaired) electrons. The van der Waals surface area contributed by atoms with Crippen LogP contribution < -0.4 is 0 Å². The topological polar surface area (TPSA) is 85.2 Å². The van der Waals surface area contributed by atoms with Crippen molar-refractivity contribution in [3.05, 3.63) is 46.8 Å². The highest BCUT2D eigenvalue weighted by atomic mass is 16.7. The first-order valence-electron chi connectivity index (χ1n) is 9.57. The molecule has 0 aromatic carbocycles. The summed E-state index contributed by atoms with van der Waals surface area (Å²) in [5, 5.41) is 10.0. The number of fused-ring (bicyclic) bond motifs is 2. The molecule has 6 nitrogen and oxygen atoms in total. The van der Waals surface area contributed by atoms with Crippen LogP contribution >= 0.6 is 0 Å². The van der Waals surface area contributed by atoms with E-state index in [-0.39, 0.29) is 35.4 Å². The number of carbonyl (C=O) groups is 2. The number of amides is 1. The second-order valence-corrected chi connectivity index (χ2v) is 7.96. The van der Waals surface area contributed by atoms with Crippen molar-refractivity contribution in [2.45, 2.75) is 59.0 Å². The van der Waals surface area contributed by atoms with Gasteiger partial charge in [0, 0.05) is 11.8 Å². The van der Waals surface area contributed by atoms with Crippen molar-refractivity contribution in [2.24, 2.45) is 16.8 Å². The average Bonchev–Trinajstić information content (AvgIpc) is 2.97. The van der Waals surface area contributed by atoms with Gasteiger partial charge in [0.15, 0.2) is 5.79 Å². The number of Topliss-reactive ketones (excluding diaryl/α,β-unsaturated/α-hetero) is 1.